The number of nitrogens with zero attached hydrogens (tertiary/aromatic N) is 6. The monoisotopic (exact) mass is 776 g/mol. The van der Waals surface area contributed by atoms with Crippen LogP contribution in [0.2, 0.25) is 5.02 Å². The Labute approximate surface area is 323 Å². The quantitative estimate of drug-likeness (QED) is 0.191. The number of anilines is 3. The Kier molecular flexibility index (Phi) is 10.1. The van der Waals surface area contributed by atoms with Crippen LogP contribution in [-0.2, 0) is 27.5 Å². The Balaban J connectivity index is 1.45. The molecule has 54 heavy (non-hydrogen) atoms. The molecule has 2 fully saturated rings. The molecular formula is C39H46ClFN8O4S. The van der Waals surface area contributed by atoms with Gasteiger partial charge >= 0.3 is 6.09 Å². The van der Waals surface area contributed by atoms with E-state index in [0.717, 1.165) is 41.9 Å². The van der Waals surface area contributed by atoms with Gasteiger partial charge in [-0.05, 0) is 90.6 Å². The number of nitrogens with one attached hydrogen (secondary N) is 2. The van der Waals surface area contributed by atoms with Crippen LogP contribution >= 0.6 is 22.9 Å². The molecule has 0 spiro atoms. The summed E-state index contributed by atoms with van der Waals surface area (Å²) in [5.74, 6) is 0.443. The van der Waals surface area contributed by atoms with Crippen LogP contribution in [-0.4, -0.2) is 88.7 Å². The summed E-state index contributed by atoms with van der Waals surface area (Å²) >= 11 is 8.48. The summed E-state index contributed by atoms with van der Waals surface area (Å²) in [5.41, 5.74) is 2.42. The van der Waals surface area contributed by atoms with Crippen molar-refractivity contribution in [2.45, 2.75) is 104 Å². The number of hydrogen-bond donors (Lipinski definition) is 2. The summed E-state index contributed by atoms with van der Waals surface area (Å²) in [6.45, 7) is 13.6. The Morgan fingerprint density at radius 1 is 1.19 bits per heavy atom. The SMILES string of the molecule is CC(C)N(C)[C@H]1CCN(c2nc(N[C@@H]3CCCN(C)C3=O)c3c4c(c(-c5ccc(F)c6sc(NC(=O)OC(C)(C)C)c(C#N)c56)c(Cl)c3n2)COC4)[C@H]1C. The number of carbonyl (C=O) groups excluding carboxylic acids is 2. The average Bonchev–Trinajstić information content (AvgIpc) is 3.83. The molecular weight excluding hydrogens is 731 g/mol. The van der Waals surface area contributed by atoms with E-state index in [1.165, 1.54) is 6.07 Å². The van der Waals surface area contributed by atoms with Crippen molar-refractivity contribution in [3.63, 3.8) is 0 Å². The van der Waals surface area contributed by atoms with Crippen molar-refractivity contribution in [2.24, 2.45) is 0 Å². The molecule has 7 rings (SSSR count). The normalized spacial score (nSPS) is 20.4. The molecule has 0 bridgehead atoms. The molecule has 0 aliphatic carbocycles. The highest BCUT2D eigenvalue weighted by Gasteiger charge is 2.38. The number of amides is 2. The molecule has 0 saturated carbocycles. The number of benzene rings is 2. The lowest BCUT2D eigenvalue weighted by Gasteiger charge is -2.34. The van der Waals surface area contributed by atoms with E-state index < -0.39 is 23.6 Å². The molecule has 2 aromatic carbocycles. The van der Waals surface area contributed by atoms with Gasteiger partial charge < -0.3 is 24.6 Å². The highest BCUT2D eigenvalue weighted by atomic mass is 35.5. The minimum atomic E-state index is -0.782. The molecule has 2 amide bonds. The van der Waals surface area contributed by atoms with Gasteiger partial charge in [-0.25, -0.2) is 14.2 Å². The van der Waals surface area contributed by atoms with E-state index in [1.54, 1.807) is 31.7 Å². The van der Waals surface area contributed by atoms with Crippen LogP contribution in [0.3, 0.4) is 0 Å². The summed E-state index contributed by atoms with van der Waals surface area (Å²) in [6, 6.07) is 5.37. The van der Waals surface area contributed by atoms with Crippen molar-refractivity contribution in [1.29, 1.82) is 5.26 Å². The first kappa shape index (κ1) is 38.0. The van der Waals surface area contributed by atoms with Crippen molar-refractivity contribution >= 4 is 72.7 Å². The first-order valence-corrected chi connectivity index (χ1v) is 19.6. The molecule has 0 unspecified atom stereocenters. The minimum absolute atomic E-state index is 0.00988. The topological polar surface area (TPSA) is 136 Å². The molecule has 3 aliphatic rings. The Hall–Kier alpha value is -4.29. The molecule has 15 heteroatoms. The van der Waals surface area contributed by atoms with Crippen LogP contribution < -0.4 is 15.5 Å². The van der Waals surface area contributed by atoms with Crippen molar-refractivity contribution in [2.75, 3.05) is 42.7 Å². The van der Waals surface area contributed by atoms with E-state index in [2.05, 4.69) is 54.3 Å². The van der Waals surface area contributed by atoms with Gasteiger partial charge in [0.15, 0.2) is 0 Å². The lowest BCUT2D eigenvalue weighted by molar-refractivity contribution is -0.132. The lowest BCUT2D eigenvalue weighted by atomic mass is 9.91. The van der Waals surface area contributed by atoms with E-state index in [4.69, 9.17) is 31.0 Å². The molecule has 2 aromatic heterocycles. The number of nitriles is 1. The number of likely N-dealkylation sites (N-methyl/N-ethyl adjacent to an activating group) is 2. The number of ether oxygens (including phenoxy) is 2. The standard InChI is InChI=1S/C39H46ClFN8O4S/c1-19(2)48(8)27-13-15-49(20(27)3)37-44-32-30(34(45-37)43-26-10-9-14-47(7)36(26)50)24-18-52-17-23(24)28(31(32)40)21-11-12-25(41)33-29(21)22(16-42)35(54-33)46-38(51)53-39(4,5)6/h11-12,19-20,26-27H,9-10,13-15,17-18H2,1-8H3,(H,46,51)(H,43,44,45)/t20-,26+,27-/m0/s1. The van der Waals surface area contributed by atoms with Gasteiger partial charge in [-0.3, -0.25) is 15.0 Å². The second kappa shape index (κ2) is 14.4. The highest BCUT2D eigenvalue weighted by molar-refractivity contribution is 7.23. The largest absolute Gasteiger partial charge is 0.444 e. The number of fused-ring (bicyclic) bond motifs is 4. The van der Waals surface area contributed by atoms with Crippen LogP contribution in [0, 0.1) is 17.1 Å². The third-order valence-corrected chi connectivity index (χ3v) is 12.3. The van der Waals surface area contributed by atoms with Gasteiger partial charge in [0.2, 0.25) is 11.9 Å². The predicted molar refractivity (Wildman–Crippen MR) is 211 cm³/mol. The van der Waals surface area contributed by atoms with E-state index in [9.17, 15) is 14.9 Å². The maximum absolute atomic E-state index is 15.6. The van der Waals surface area contributed by atoms with Gasteiger partial charge in [0.1, 0.15) is 34.3 Å². The summed E-state index contributed by atoms with van der Waals surface area (Å²) in [6.07, 6.45) is 1.67. The van der Waals surface area contributed by atoms with Gasteiger partial charge in [-0.15, -0.1) is 11.3 Å². The minimum Gasteiger partial charge on any atom is -0.444 e. The predicted octanol–water partition coefficient (Wildman–Crippen LogP) is 7.89. The molecule has 2 saturated heterocycles. The number of carbonyl (C=O) groups is 2. The molecule has 5 heterocycles. The third-order valence-electron chi connectivity index (χ3n) is 10.9. The number of thiophene rings is 1. The molecule has 3 aliphatic heterocycles. The van der Waals surface area contributed by atoms with E-state index in [-0.39, 0.29) is 46.5 Å². The Morgan fingerprint density at radius 3 is 2.63 bits per heavy atom. The van der Waals surface area contributed by atoms with Crippen LogP contribution in [0.5, 0.6) is 0 Å². The van der Waals surface area contributed by atoms with Crippen LogP contribution in [0.25, 0.3) is 32.1 Å². The van der Waals surface area contributed by atoms with Crippen molar-refractivity contribution in [3.8, 4) is 17.2 Å². The Bertz CT molecular complexity index is 2220. The highest BCUT2D eigenvalue weighted by Crippen LogP contribution is 2.50. The number of aromatic nitrogens is 2. The summed E-state index contributed by atoms with van der Waals surface area (Å²) < 4.78 is 27.3. The first-order chi connectivity index (χ1) is 25.6. The fourth-order valence-electron chi connectivity index (χ4n) is 7.97. The number of halogens is 2. The maximum atomic E-state index is 15.6. The first-order valence-electron chi connectivity index (χ1n) is 18.4. The molecule has 4 aromatic rings. The lowest BCUT2D eigenvalue weighted by Crippen LogP contribution is -2.46. The van der Waals surface area contributed by atoms with Crippen molar-refractivity contribution in [3.05, 3.63) is 39.7 Å². The average molecular weight is 777 g/mol. The van der Waals surface area contributed by atoms with Gasteiger partial charge in [0.05, 0.1) is 39.4 Å². The second-order valence-electron chi connectivity index (χ2n) is 15.7. The number of hydrogen-bond acceptors (Lipinski definition) is 11. The number of likely N-dealkylation sites (tertiary alicyclic amines) is 1. The summed E-state index contributed by atoms with van der Waals surface area (Å²) in [7, 11) is 3.95. The zero-order valence-electron chi connectivity index (χ0n) is 31.9. The maximum Gasteiger partial charge on any atom is 0.412 e. The van der Waals surface area contributed by atoms with Crippen LogP contribution in [0.1, 0.15) is 77.5 Å². The zero-order valence-corrected chi connectivity index (χ0v) is 33.5. The number of rotatable bonds is 7. The van der Waals surface area contributed by atoms with E-state index in [1.807, 2.05) is 7.05 Å². The molecule has 0 radical (unpaired) electrons. The summed E-state index contributed by atoms with van der Waals surface area (Å²) in [4.78, 5) is 42.8. The fourth-order valence-corrected chi connectivity index (χ4v) is 9.39. The van der Waals surface area contributed by atoms with Crippen molar-refractivity contribution in [1.82, 2.24) is 19.8 Å². The van der Waals surface area contributed by atoms with Gasteiger partial charge in [0.25, 0.3) is 0 Å². The Morgan fingerprint density at radius 2 is 1.93 bits per heavy atom. The third kappa shape index (κ3) is 6.69. The zero-order chi connectivity index (χ0) is 38.8. The fraction of sp³-hybridized carbons (Fsp3) is 0.513. The molecule has 2 N–H and O–H groups in total. The summed E-state index contributed by atoms with van der Waals surface area (Å²) in [5, 5.41) is 18.1. The number of piperidine rings is 1. The van der Waals surface area contributed by atoms with Crippen LogP contribution in [0.15, 0.2) is 12.1 Å². The molecule has 12 nitrogen and oxygen atoms in total. The molecule has 286 valence electrons. The smallest absolute Gasteiger partial charge is 0.412 e. The van der Waals surface area contributed by atoms with Crippen LogP contribution in [0.4, 0.5) is 26.0 Å². The second-order valence-corrected chi connectivity index (χ2v) is 17.1. The van der Waals surface area contributed by atoms with Crippen molar-refractivity contribution < 1.29 is 23.5 Å². The molecule has 3 atom stereocenters. The van der Waals surface area contributed by atoms with E-state index in [0.29, 0.717) is 63.2 Å². The van der Waals surface area contributed by atoms with Gasteiger partial charge in [0, 0.05) is 49.2 Å². The van der Waals surface area contributed by atoms with E-state index >= 15 is 4.39 Å². The van der Waals surface area contributed by atoms with Gasteiger partial charge in [-0.2, -0.15) is 10.2 Å². The van der Waals surface area contributed by atoms with Gasteiger partial charge in [-0.1, -0.05) is 17.7 Å².